The Morgan fingerprint density at radius 2 is 1.75 bits per heavy atom. The van der Waals surface area contributed by atoms with Gasteiger partial charge >= 0.3 is 0 Å². The maximum atomic E-state index is 12.8. The van der Waals surface area contributed by atoms with Crippen molar-refractivity contribution in [1.29, 1.82) is 0 Å². The lowest BCUT2D eigenvalue weighted by atomic mass is 10.1. The third-order valence-corrected chi connectivity index (χ3v) is 4.86. The zero-order valence-electron chi connectivity index (χ0n) is 15.2. The number of halogens is 1. The van der Waals surface area contributed by atoms with Crippen molar-refractivity contribution in [3.05, 3.63) is 95.2 Å². The number of hydrogen-bond donors (Lipinski definition) is 1. The van der Waals surface area contributed by atoms with Crippen molar-refractivity contribution in [2.24, 2.45) is 0 Å². The van der Waals surface area contributed by atoms with Gasteiger partial charge in [0.2, 0.25) is 0 Å². The summed E-state index contributed by atoms with van der Waals surface area (Å²) >= 11 is 5.98. The first-order valence-corrected chi connectivity index (χ1v) is 9.43. The highest BCUT2D eigenvalue weighted by Crippen LogP contribution is 2.23. The van der Waals surface area contributed by atoms with Gasteiger partial charge in [-0.1, -0.05) is 41.9 Å². The molecule has 0 radical (unpaired) electrons. The van der Waals surface area contributed by atoms with Crippen LogP contribution in [0.5, 0.6) is 0 Å². The third kappa shape index (κ3) is 4.05. The number of nitrogens with one attached hydrogen (secondary N) is 1. The number of benzene rings is 2. The van der Waals surface area contributed by atoms with Crippen LogP contribution < -0.4 is 5.32 Å². The molecule has 4 aromatic rings. The van der Waals surface area contributed by atoms with Crippen molar-refractivity contribution in [3.8, 4) is 0 Å². The van der Waals surface area contributed by atoms with Crippen LogP contribution in [0.25, 0.3) is 10.9 Å². The van der Waals surface area contributed by atoms with E-state index in [1.54, 1.807) is 12.4 Å². The molecule has 0 aliphatic heterocycles. The Morgan fingerprint density at radius 3 is 2.54 bits per heavy atom. The predicted octanol–water partition coefficient (Wildman–Crippen LogP) is 4.11. The molecule has 0 atom stereocenters. The van der Waals surface area contributed by atoms with Gasteiger partial charge in [-0.2, -0.15) is 0 Å². The van der Waals surface area contributed by atoms with E-state index >= 15 is 0 Å². The molecule has 28 heavy (non-hydrogen) atoms. The molecule has 0 spiro atoms. The molecule has 0 unspecified atom stereocenters. The summed E-state index contributed by atoms with van der Waals surface area (Å²) in [6.45, 7) is 1.20. The van der Waals surface area contributed by atoms with Gasteiger partial charge in [0, 0.05) is 47.6 Å². The van der Waals surface area contributed by atoms with Gasteiger partial charge in [0.05, 0.1) is 5.56 Å². The fourth-order valence-corrected chi connectivity index (χ4v) is 3.35. The van der Waals surface area contributed by atoms with Crippen molar-refractivity contribution >= 4 is 28.4 Å². The van der Waals surface area contributed by atoms with Crippen LogP contribution in [0.4, 0.5) is 0 Å². The molecule has 0 bridgehead atoms. The van der Waals surface area contributed by atoms with Crippen molar-refractivity contribution in [3.63, 3.8) is 0 Å². The first-order chi connectivity index (χ1) is 13.7. The molecule has 5 nitrogen and oxygen atoms in total. The molecule has 0 aliphatic carbocycles. The topological polar surface area (TPSA) is 59.8 Å². The van der Waals surface area contributed by atoms with Crippen LogP contribution >= 0.6 is 11.6 Å². The molecule has 1 N–H and O–H groups in total. The van der Waals surface area contributed by atoms with Crippen LogP contribution in [0.3, 0.4) is 0 Å². The predicted molar refractivity (Wildman–Crippen MR) is 111 cm³/mol. The zero-order valence-corrected chi connectivity index (χ0v) is 15.9. The summed E-state index contributed by atoms with van der Waals surface area (Å²) in [5, 5.41) is 4.65. The number of nitrogens with zero attached hydrogens (tertiary/aromatic N) is 3. The lowest BCUT2D eigenvalue weighted by molar-refractivity contribution is 0.0955. The number of para-hydroxylation sites is 1. The van der Waals surface area contributed by atoms with E-state index in [0.29, 0.717) is 30.1 Å². The van der Waals surface area contributed by atoms with Gasteiger partial charge in [-0.15, -0.1) is 0 Å². The first-order valence-electron chi connectivity index (χ1n) is 9.05. The van der Waals surface area contributed by atoms with Crippen LogP contribution in [0, 0.1) is 0 Å². The Kier molecular flexibility index (Phi) is 5.35. The Morgan fingerprint density at radius 1 is 1.00 bits per heavy atom. The minimum Gasteiger partial charge on any atom is -0.352 e. The van der Waals surface area contributed by atoms with Crippen LogP contribution in [-0.2, 0) is 13.0 Å². The Balaban J connectivity index is 1.53. The van der Waals surface area contributed by atoms with Crippen LogP contribution in [0.15, 0.2) is 73.4 Å². The molecule has 4 rings (SSSR count). The summed E-state index contributed by atoms with van der Waals surface area (Å²) in [6, 6.07) is 15.7. The third-order valence-electron chi connectivity index (χ3n) is 4.61. The summed E-state index contributed by atoms with van der Waals surface area (Å²) in [5.74, 6) is -0.0806. The number of carbonyl (C=O) groups is 1. The second-order valence-electron chi connectivity index (χ2n) is 6.57. The Hall–Kier alpha value is -3.18. The van der Waals surface area contributed by atoms with Crippen molar-refractivity contribution in [2.75, 3.05) is 6.54 Å². The molecule has 140 valence electrons. The van der Waals surface area contributed by atoms with E-state index in [9.17, 15) is 4.79 Å². The molecular weight excluding hydrogens is 372 g/mol. The Labute approximate surface area is 168 Å². The van der Waals surface area contributed by atoms with E-state index in [1.165, 1.54) is 6.33 Å². The number of hydrogen-bond acceptors (Lipinski definition) is 3. The summed E-state index contributed by atoms with van der Waals surface area (Å²) in [7, 11) is 0. The standard InChI is InChI=1S/C22H19ClN4O/c23-18-7-5-16(6-8-18)13-27-14-20(19-3-1-2-4-21(19)27)22(28)26-10-9-17-11-24-15-25-12-17/h1-8,11-12,14-15H,9-10,13H2,(H,26,28). The fourth-order valence-electron chi connectivity index (χ4n) is 3.22. The molecule has 0 aliphatic rings. The van der Waals surface area contributed by atoms with Crippen molar-refractivity contribution in [2.45, 2.75) is 13.0 Å². The zero-order chi connectivity index (χ0) is 19.3. The lowest BCUT2D eigenvalue weighted by Gasteiger charge is -2.05. The number of amides is 1. The average Bonchev–Trinajstić information content (AvgIpc) is 3.09. The average molecular weight is 391 g/mol. The quantitative estimate of drug-likeness (QED) is 0.539. The summed E-state index contributed by atoms with van der Waals surface area (Å²) < 4.78 is 2.10. The minimum absolute atomic E-state index is 0.0806. The number of aromatic nitrogens is 3. The maximum Gasteiger partial charge on any atom is 0.253 e. The molecule has 0 saturated heterocycles. The SMILES string of the molecule is O=C(NCCc1cncnc1)c1cn(Cc2ccc(Cl)cc2)c2ccccc12. The van der Waals surface area contributed by atoms with E-state index < -0.39 is 0 Å². The molecule has 6 heteroatoms. The number of fused-ring (bicyclic) bond motifs is 1. The van der Waals surface area contributed by atoms with Gasteiger partial charge < -0.3 is 9.88 Å². The molecule has 2 aromatic heterocycles. The summed E-state index contributed by atoms with van der Waals surface area (Å²) in [4.78, 5) is 20.8. The van der Waals surface area contributed by atoms with Crippen molar-refractivity contribution in [1.82, 2.24) is 19.9 Å². The smallest absolute Gasteiger partial charge is 0.253 e. The van der Waals surface area contributed by atoms with Crippen LogP contribution in [0.1, 0.15) is 21.5 Å². The highest BCUT2D eigenvalue weighted by molar-refractivity contribution is 6.30. The van der Waals surface area contributed by atoms with Gasteiger partial charge in [0.1, 0.15) is 6.33 Å². The largest absolute Gasteiger partial charge is 0.352 e. The van der Waals surface area contributed by atoms with E-state index in [1.807, 2.05) is 54.7 Å². The highest BCUT2D eigenvalue weighted by Gasteiger charge is 2.14. The highest BCUT2D eigenvalue weighted by atomic mass is 35.5. The van der Waals surface area contributed by atoms with Gasteiger partial charge in [0.15, 0.2) is 0 Å². The normalized spacial score (nSPS) is 10.9. The fraction of sp³-hybridized carbons (Fsp3) is 0.136. The molecule has 2 aromatic carbocycles. The summed E-state index contributed by atoms with van der Waals surface area (Å²) in [6.07, 6.45) is 7.63. The monoisotopic (exact) mass is 390 g/mol. The lowest BCUT2D eigenvalue weighted by Crippen LogP contribution is -2.25. The molecule has 0 saturated carbocycles. The van der Waals surface area contributed by atoms with E-state index in [-0.39, 0.29) is 5.91 Å². The number of carbonyl (C=O) groups excluding carboxylic acids is 1. The van der Waals surface area contributed by atoms with Gasteiger partial charge in [-0.25, -0.2) is 9.97 Å². The maximum absolute atomic E-state index is 12.8. The number of rotatable bonds is 6. The van der Waals surface area contributed by atoms with Crippen molar-refractivity contribution < 1.29 is 4.79 Å². The van der Waals surface area contributed by atoms with Crippen LogP contribution in [0.2, 0.25) is 5.02 Å². The van der Waals surface area contributed by atoms with E-state index in [2.05, 4.69) is 19.9 Å². The molecule has 2 heterocycles. The molecule has 1 amide bonds. The van der Waals surface area contributed by atoms with Crippen LogP contribution in [-0.4, -0.2) is 27.0 Å². The molecular formula is C22H19ClN4O. The Bertz CT molecular complexity index is 1090. The van der Waals surface area contributed by atoms with Gasteiger partial charge in [-0.3, -0.25) is 4.79 Å². The second kappa shape index (κ2) is 8.23. The van der Waals surface area contributed by atoms with Gasteiger partial charge in [-0.05, 0) is 35.7 Å². The van der Waals surface area contributed by atoms with E-state index in [0.717, 1.165) is 22.0 Å². The molecule has 0 fully saturated rings. The minimum atomic E-state index is -0.0806. The summed E-state index contributed by atoms with van der Waals surface area (Å²) in [5.41, 5.74) is 3.82. The first kappa shape index (κ1) is 18.2. The van der Waals surface area contributed by atoms with Gasteiger partial charge in [0.25, 0.3) is 5.91 Å². The van der Waals surface area contributed by atoms with E-state index in [4.69, 9.17) is 11.6 Å². The second-order valence-corrected chi connectivity index (χ2v) is 7.00.